The van der Waals surface area contributed by atoms with Crippen LogP contribution in [0.5, 0.6) is 0 Å². The van der Waals surface area contributed by atoms with Crippen LogP contribution in [0.4, 0.5) is 5.69 Å². The number of rotatable bonds is 6. The number of hydrogen-bond donors (Lipinski definition) is 1. The fourth-order valence-electron chi connectivity index (χ4n) is 3.85. The number of aliphatic hydroxyl groups excluding tert-OH is 1. The summed E-state index contributed by atoms with van der Waals surface area (Å²) in [6, 6.07) is 14.3. The number of nitro benzene ring substituents is 1. The van der Waals surface area contributed by atoms with Gasteiger partial charge in [-0.2, -0.15) is 0 Å². The van der Waals surface area contributed by atoms with Gasteiger partial charge in [0.1, 0.15) is 18.3 Å². The van der Waals surface area contributed by atoms with E-state index in [9.17, 15) is 24.8 Å². The fourth-order valence-corrected chi connectivity index (χ4v) is 3.85. The lowest BCUT2D eigenvalue weighted by molar-refractivity contribution is -0.384. The summed E-state index contributed by atoms with van der Waals surface area (Å²) in [5.74, 6) is -1.13. The summed E-state index contributed by atoms with van der Waals surface area (Å²) in [4.78, 5) is 35.3. The Morgan fingerprint density at radius 1 is 1.09 bits per heavy atom. The Morgan fingerprint density at radius 2 is 1.74 bits per heavy atom. The molecule has 178 valence electrons. The van der Waals surface area contributed by atoms with Crippen molar-refractivity contribution >= 4 is 23.7 Å². The van der Waals surface area contributed by atoms with E-state index >= 15 is 0 Å². The van der Waals surface area contributed by atoms with E-state index < -0.39 is 40.6 Å². The van der Waals surface area contributed by atoms with Crippen LogP contribution >= 0.6 is 0 Å². The normalized spacial score (nSPS) is 21.9. The average molecular weight is 466 g/mol. The number of nitro groups is 1. The molecule has 1 aliphatic carbocycles. The smallest absolute Gasteiger partial charge is 0.338 e. The SMILES string of the molecule is CC1=CC(O)C(OC(=O)c2ccccc2)C(C)(C)CC1OC(=O)/C=C/c1ccc([N+](=O)[O-])cc1. The Hall–Kier alpha value is -3.78. The van der Waals surface area contributed by atoms with Crippen molar-refractivity contribution < 1.29 is 29.1 Å². The van der Waals surface area contributed by atoms with Crippen LogP contribution in [0.1, 0.15) is 43.1 Å². The summed E-state index contributed by atoms with van der Waals surface area (Å²) in [6.45, 7) is 5.44. The molecule has 0 saturated carbocycles. The third kappa shape index (κ3) is 6.17. The van der Waals surface area contributed by atoms with Crippen molar-refractivity contribution in [2.75, 3.05) is 0 Å². The topological polar surface area (TPSA) is 116 Å². The first kappa shape index (κ1) is 24.9. The maximum Gasteiger partial charge on any atom is 0.338 e. The molecule has 0 spiro atoms. The van der Waals surface area contributed by atoms with Gasteiger partial charge in [-0.25, -0.2) is 9.59 Å². The molecule has 0 heterocycles. The average Bonchev–Trinajstić information content (AvgIpc) is 2.87. The molecule has 3 atom stereocenters. The number of esters is 2. The largest absolute Gasteiger partial charge is 0.455 e. The Labute approximate surface area is 197 Å². The van der Waals surface area contributed by atoms with Crippen LogP contribution in [-0.2, 0) is 14.3 Å². The van der Waals surface area contributed by atoms with Crippen LogP contribution in [0.15, 0.2) is 72.3 Å². The summed E-state index contributed by atoms with van der Waals surface area (Å²) in [5.41, 5.74) is 0.901. The van der Waals surface area contributed by atoms with Gasteiger partial charge in [0.05, 0.1) is 10.5 Å². The van der Waals surface area contributed by atoms with Crippen molar-refractivity contribution in [2.45, 2.75) is 45.5 Å². The minimum absolute atomic E-state index is 0.0396. The Morgan fingerprint density at radius 3 is 2.35 bits per heavy atom. The molecule has 1 N–H and O–H groups in total. The van der Waals surface area contributed by atoms with Crippen LogP contribution in [-0.4, -0.2) is 40.3 Å². The quantitative estimate of drug-likeness (QED) is 0.220. The molecule has 3 rings (SSSR count). The molecule has 0 fully saturated rings. The van der Waals surface area contributed by atoms with Crippen molar-refractivity contribution in [3.05, 3.63) is 93.6 Å². The number of ether oxygens (including phenoxy) is 2. The summed E-state index contributed by atoms with van der Waals surface area (Å²) in [6.07, 6.45) is 2.10. The number of aliphatic hydroxyl groups is 1. The lowest BCUT2D eigenvalue weighted by Crippen LogP contribution is -2.42. The van der Waals surface area contributed by atoms with Crippen LogP contribution in [0.3, 0.4) is 0 Å². The van der Waals surface area contributed by atoms with E-state index in [0.29, 0.717) is 23.1 Å². The number of hydrogen-bond acceptors (Lipinski definition) is 7. The second-order valence-corrected chi connectivity index (χ2v) is 8.89. The molecule has 8 nitrogen and oxygen atoms in total. The molecule has 0 aromatic heterocycles. The zero-order valence-electron chi connectivity index (χ0n) is 19.2. The maximum absolute atomic E-state index is 12.6. The molecular weight excluding hydrogens is 438 g/mol. The van der Waals surface area contributed by atoms with E-state index in [2.05, 4.69) is 0 Å². The van der Waals surface area contributed by atoms with Crippen LogP contribution in [0, 0.1) is 15.5 Å². The predicted molar refractivity (Wildman–Crippen MR) is 126 cm³/mol. The first-order valence-corrected chi connectivity index (χ1v) is 10.8. The van der Waals surface area contributed by atoms with Gasteiger partial charge in [-0.1, -0.05) is 32.0 Å². The van der Waals surface area contributed by atoms with Gasteiger partial charge >= 0.3 is 11.9 Å². The van der Waals surface area contributed by atoms with E-state index in [4.69, 9.17) is 9.47 Å². The molecule has 8 heteroatoms. The standard InChI is InChI=1S/C26H27NO7/c1-17-15-21(28)24(34-25(30)19-7-5-4-6-8-19)26(2,3)16-22(17)33-23(29)14-11-18-9-12-20(13-10-18)27(31)32/h4-15,21-22,24,28H,16H2,1-3H3/b14-11+. The van der Waals surface area contributed by atoms with Gasteiger partial charge < -0.3 is 14.6 Å². The fraction of sp³-hybridized carbons (Fsp3) is 0.308. The molecular formula is C26H27NO7. The van der Waals surface area contributed by atoms with E-state index in [1.165, 1.54) is 36.4 Å². The van der Waals surface area contributed by atoms with E-state index in [1.54, 1.807) is 43.3 Å². The summed E-state index contributed by atoms with van der Waals surface area (Å²) < 4.78 is 11.3. The first-order chi connectivity index (χ1) is 16.1. The third-order valence-corrected chi connectivity index (χ3v) is 5.75. The molecule has 0 saturated heterocycles. The zero-order valence-corrected chi connectivity index (χ0v) is 19.2. The van der Waals surface area contributed by atoms with Gasteiger partial charge in [-0.05, 0) is 60.9 Å². The van der Waals surface area contributed by atoms with Crippen LogP contribution in [0.25, 0.3) is 6.08 Å². The number of benzene rings is 2. The predicted octanol–water partition coefficient (Wildman–Crippen LogP) is 4.48. The van der Waals surface area contributed by atoms with Crippen LogP contribution < -0.4 is 0 Å². The van der Waals surface area contributed by atoms with Gasteiger partial charge in [0.15, 0.2) is 0 Å². The molecule has 2 aromatic rings. The minimum Gasteiger partial charge on any atom is -0.455 e. The molecule has 0 aliphatic heterocycles. The summed E-state index contributed by atoms with van der Waals surface area (Å²) in [7, 11) is 0. The van der Waals surface area contributed by atoms with E-state index in [0.717, 1.165) is 0 Å². The highest BCUT2D eigenvalue weighted by atomic mass is 16.6. The minimum atomic E-state index is -1.07. The third-order valence-electron chi connectivity index (χ3n) is 5.75. The monoisotopic (exact) mass is 465 g/mol. The molecule has 0 bridgehead atoms. The van der Waals surface area contributed by atoms with E-state index in [-0.39, 0.29) is 5.69 Å². The van der Waals surface area contributed by atoms with Gasteiger partial charge in [-0.3, -0.25) is 10.1 Å². The van der Waals surface area contributed by atoms with Crippen molar-refractivity contribution in [2.24, 2.45) is 5.41 Å². The van der Waals surface area contributed by atoms with Crippen molar-refractivity contribution in [3.8, 4) is 0 Å². The highest BCUT2D eigenvalue weighted by Crippen LogP contribution is 2.38. The van der Waals surface area contributed by atoms with Gasteiger partial charge in [-0.15, -0.1) is 0 Å². The van der Waals surface area contributed by atoms with Crippen molar-refractivity contribution in [1.82, 2.24) is 0 Å². The Balaban J connectivity index is 1.69. The number of non-ortho nitro benzene ring substituents is 1. The van der Waals surface area contributed by atoms with Gasteiger partial charge in [0, 0.05) is 23.6 Å². The summed E-state index contributed by atoms with van der Waals surface area (Å²) in [5, 5.41) is 21.5. The second kappa shape index (κ2) is 10.4. The molecule has 3 unspecified atom stereocenters. The molecule has 0 amide bonds. The Bertz CT molecular complexity index is 1100. The number of carbonyl (C=O) groups excluding carboxylic acids is 2. The van der Waals surface area contributed by atoms with Crippen molar-refractivity contribution in [3.63, 3.8) is 0 Å². The van der Waals surface area contributed by atoms with Gasteiger partial charge in [0.2, 0.25) is 0 Å². The molecule has 34 heavy (non-hydrogen) atoms. The molecule has 1 aliphatic rings. The van der Waals surface area contributed by atoms with Gasteiger partial charge in [0.25, 0.3) is 5.69 Å². The maximum atomic E-state index is 12.6. The zero-order chi connectivity index (χ0) is 24.9. The van der Waals surface area contributed by atoms with E-state index in [1.807, 2.05) is 13.8 Å². The Kier molecular flexibility index (Phi) is 7.63. The summed E-state index contributed by atoms with van der Waals surface area (Å²) >= 11 is 0. The lowest BCUT2D eigenvalue weighted by atomic mass is 9.80. The number of carbonyl (C=O) groups is 2. The lowest BCUT2D eigenvalue weighted by Gasteiger charge is -2.35. The molecule has 2 aromatic carbocycles. The first-order valence-electron chi connectivity index (χ1n) is 10.8. The highest BCUT2D eigenvalue weighted by Gasteiger charge is 2.43. The van der Waals surface area contributed by atoms with Crippen LogP contribution in [0.2, 0.25) is 0 Å². The second-order valence-electron chi connectivity index (χ2n) is 8.89. The number of nitrogens with zero attached hydrogens (tertiary/aromatic N) is 1. The van der Waals surface area contributed by atoms with Crippen molar-refractivity contribution in [1.29, 1.82) is 0 Å². The highest BCUT2D eigenvalue weighted by molar-refractivity contribution is 5.89. The molecule has 0 radical (unpaired) electrons.